The van der Waals surface area contributed by atoms with Gasteiger partial charge in [-0.25, -0.2) is 5.43 Å². The highest BCUT2D eigenvalue weighted by atomic mass is 16.2. The molecule has 21 heavy (non-hydrogen) atoms. The van der Waals surface area contributed by atoms with Crippen LogP contribution in [0.2, 0.25) is 0 Å². The normalized spacial score (nSPS) is 29.8. The highest BCUT2D eigenvalue weighted by Crippen LogP contribution is 2.41. The summed E-state index contributed by atoms with van der Waals surface area (Å²) < 4.78 is 0. The van der Waals surface area contributed by atoms with Crippen LogP contribution in [0, 0.1) is 11.8 Å². The van der Waals surface area contributed by atoms with Gasteiger partial charge in [-0.3, -0.25) is 9.59 Å². The summed E-state index contributed by atoms with van der Waals surface area (Å²) in [5.41, 5.74) is 6.57. The van der Waals surface area contributed by atoms with Gasteiger partial charge in [-0.2, -0.15) is 5.10 Å². The number of hydrazone groups is 1. The third-order valence-electron chi connectivity index (χ3n) is 4.95. The highest BCUT2D eigenvalue weighted by Gasteiger charge is 2.43. The number of carbonyl (C=O) groups is 2. The summed E-state index contributed by atoms with van der Waals surface area (Å²) in [5, 5.41) is 7.19. The van der Waals surface area contributed by atoms with Crippen LogP contribution in [0.25, 0.3) is 0 Å². The maximum Gasteiger partial charge on any atom is 0.243 e. The molecule has 2 heterocycles. The average Bonchev–Trinajstić information content (AvgIpc) is 2.75. The molecule has 5 heteroatoms. The van der Waals surface area contributed by atoms with E-state index >= 15 is 0 Å². The zero-order valence-corrected chi connectivity index (χ0v) is 11.8. The van der Waals surface area contributed by atoms with E-state index in [0.29, 0.717) is 0 Å². The number of benzene rings is 1. The smallest absolute Gasteiger partial charge is 0.243 e. The fourth-order valence-corrected chi connectivity index (χ4v) is 3.59. The van der Waals surface area contributed by atoms with Gasteiger partial charge in [0.1, 0.15) is 0 Å². The molecule has 1 fully saturated rings. The van der Waals surface area contributed by atoms with Crippen molar-refractivity contribution in [3.8, 4) is 0 Å². The maximum atomic E-state index is 11.9. The van der Waals surface area contributed by atoms with Crippen molar-refractivity contribution < 1.29 is 9.59 Å². The number of fused-ring (bicyclic) bond motifs is 2. The molecule has 1 saturated carbocycles. The number of carbonyl (C=O) groups excluding carboxylic acids is 2. The molecule has 3 unspecified atom stereocenters. The molecule has 0 radical (unpaired) electrons. The van der Waals surface area contributed by atoms with Gasteiger partial charge in [0.05, 0.1) is 11.6 Å². The number of nitrogens with one attached hydrogen (secondary N) is 2. The molecule has 0 saturated heterocycles. The van der Waals surface area contributed by atoms with E-state index in [1.54, 1.807) is 0 Å². The fraction of sp³-hybridized carbons (Fsp3) is 0.438. The van der Waals surface area contributed by atoms with Crippen LogP contribution in [0.4, 0.5) is 5.69 Å². The summed E-state index contributed by atoms with van der Waals surface area (Å²) in [7, 11) is 0. The van der Waals surface area contributed by atoms with E-state index in [-0.39, 0.29) is 29.6 Å². The maximum absolute atomic E-state index is 11.9. The lowest BCUT2D eigenvalue weighted by Gasteiger charge is -2.38. The SMILES string of the molecule is CCC1C(=O)Nc2ccc(C3=NNC(=O)C4CCC34)cc21. The van der Waals surface area contributed by atoms with Gasteiger partial charge in [-0.1, -0.05) is 13.0 Å². The summed E-state index contributed by atoms with van der Waals surface area (Å²) in [6.07, 6.45) is 2.75. The Morgan fingerprint density at radius 3 is 2.71 bits per heavy atom. The zero-order valence-electron chi connectivity index (χ0n) is 11.8. The third kappa shape index (κ3) is 1.73. The Balaban J connectivity index is 1.73. The predicted molar refractivity (Wildman–Crippen MR) is 79.0 cm³/mol. The second-order valence-corrected chi connectivity index (χ2v) is 6.02. The van der Waals surface area contributed by atoms with Crippen molar-refractivity contribution in [2.24, 2.45) is 16.9 Å². The fourth-order valence-electron chi connectivity index (χ4n) is 3.59. The topological polar surface area (TPSA) is 70.6 Å². The lowest BCUT2D eigenvalue weighted by molar-refractivity contribution is -0.129. The van der Waals surface area contributed by atoms with Crippen LogP contribution >= 0.6 is 0 Å². The molecule has 0 bridgehead atoms. The van der Waals surface area contributed by atoms with Crippen molar-refractivity contribution >= 4 is 23.2 Å². The van der Waals surface area contributed by atoms with E-state index in [9.17, 15) is 9.59 Å². The van der Waals surface area contributed by atoms with E-state index in [4.69, 9.17) is 0 Å². The number of hydrogen-bond donors (Lipinski definition) is 2. The van der Waals surface area contributed by atoms with Crippen molar-refractivity contribution in [2.45, 2.75) is 32.1 Å². The first kappa shape index (κ1) is 12.6. The quantitative estimate of drug-likeness (QED) is 0.871. The van der Waals surface area contributed by atoms with E-state index in [0.717, 1.165) is 41.8 Å². The van der Waals surface area contributed by atoms with Gasteiger partial charge in [0, 0.05) is 17.5 Å². The van der Waals surface area contributed by atoms with Gasteiger partial charge >= 0.3 is 0 Å². The molecule has 2 amide bonds. The molecule has 3 aliphatic rings. The Morgan fingerprint density at radius 2 is 2.00 bits per heavy atom. The van der Waals surface area contributed by atoms with Crippen LogP contribution in [0.5, 0.6) is 0 Å². The lowest BCUT2D eigenvalue weighted by Crippen LogP contribution is -2.47. The summed E-state index contributed by atoms with van der Waals surface area (Å²) >= 11 is 0. The van der Waals surface area contributed by atoms with Gasteiger partial charge < -0.3 is 5.32 Å². The number of nitrogens with zero attached hydrogens (tertiary/aromatic N) is 1. The van der Waals surface area contributed by atoms with Gasteiger partial charge in [0.2, 0.25) is 11.8 Å². The van der Waals surface area contributed by atoms with Gasteiger partial charge in [0.25, 0.3) is 0 Å². The molecule has 0 aromatic heterocycles. The molecule has 1 aromatic rings. The molecule has 5 nitrogen and oxygen atoms in total. The lowest BCUT2D eigenvalue weighted by atomic mass is 9.68. The molecular formula is C16H17N3O2. The van der Waals surface area contributed by atoms with Crippen molar-refractivity contribution in [3.63, 3.8) is 0 Å². The molecule has 4 rings (SSSR count). The van der Waals surface area contributed by atoms with Crippen LogP contribution in [-0.4, -0.2) is 17.5 Å². The summed E-state index contributed by atoms with van der Waals surface area (Å²) in [6, 6.07) is 6.00. The molecular weight excluding hydrogens is 266 g/mol. The molecule has 0 spiro atoms. The first-order valence-electron chi connectivity index (χ1n) is 7.51. The monoisotopic (exact) mass is 283 g/mol. The standard InChI is InChI=1S/C16H17N3O2/c1-2-9-12-7-8(3-6-13(12)17-15(9)20)14-10-4-5-11(10)16(21)19-18-14/h3,6-7,9-11H,2,4-5H2,1H3,(H,17,20)(H,19,21). The van der Waals surface area contributed by atoms with Crippen molar-refractivity contribution in [3.05, 3.63) is 29.3 Å². The summed E-state index contributed by atoms with van der Waals surface area (Å²) in [4.78, 5) is 23.6. The first-order valence-corrected chi connectivity index (χ1v) is 7.51. The van der Waals surface area contributed by atoms with E-state index in [1.807, 2.05) is 19.1 Å². The molecule has 1 aliphatic carbocycles. The number of rotatable bonds is 2. The Kier molecular flexibility index (Phi) is 2.64. The zero-order chi connectivity index (χ0) is 14.6. The van der Waals surface area contributed by atoms with Crippen LogP contribution in [0.3, 0.4) is 0 Å². The van der Waals surface area contributed by atoms with Gasteiger partial charge in [0.15, 0.2) is 0 Å². The second kappa shape index (κ2) is 4.41. The van der Waals surface area contributed by atoms with E-state index in [1.165, 1.54) is 0 Å². The third-order valence-corrected chi connectivity index (χ3v) is 4.95. The van der Waals surface area contributed by atoms with E-state index in [2.05, 4.69) is 21.9 Å². The Bertz CT molecular complexity index is 680. The minimum absolute atomic E-state index is 0.0411. The van der Waals surface area contributed by atoms with E-state index < -0.39 is 0 Å². The molecule has 2 N–H and O–H groups in total. The molecule has 108 valence electrons. The van der Waals surface area contributed by atoms with Crippen LogP contribution in [-0.2, 0) is 9.59 Å². The Labute approximate surface area is 122 Å². The van der Waals surface area contributed by atoms with Crippen LogP contribution < -0.4 is 10.7 Å². The van der Waals surface area contributed by atoms with Crippen LogP contribution in [0.15, 0.2) is 23.3 Å². The Morgan fingerprint density at radius 1 is 1.19 bits per heavy atom. The van der Waals surface area contributed by atoms with Gasteiger partial charge in [-0.15, -0.1) is 0 Å². The highest BCUT2D eigenvalue weighted by molar-refractivity contribution is 6.09. The summed E-state index contributed by atoms with van der Waals surface area (Å²) in [6.45, 7) is 2.02. The largest absolute Gasteiger partial charge is 0.325 e. The Hall–Kier alpha value is -2.17. The van der Waals surface area contributed by atoms with Crippen molar-refractivity contribution in [1.29, 1.82) is 0 Å². The minimum atomic E-state index is -0.0732. The first-order chi connectivity index (χ1) is 10.2. The molecule has 3 atom stereocenters. The minimum Gasteiger partial charge on any atom is -0.325 e. The average molecular weight is 283 g/mol. The number of amides is 2. The van der Waals surface area contributed by atoms with Crippen LogP contribution in [0.1, 0.15) is 43.2 Å². The van der Waals surface area contributed by atoms with Crippen molar-refractivity contribution in [2.75, 3.05) is 5.32 Å². The second-order valence-electron chi connectivity index (χ2n) is 6.02. The van der Waals surface area contributed by atoms with Gasteiger partial charge in [-0.05, 0) is 42.5 Å². The number of anilines is 1. The number of hydrogen-bond acceptors (Lipinski definition) is 3. The predicted octanol–water partition coefficient (Wildman–Crippen LogP) is 1.99. The van der Waals surface area contributed by atoms with Crippen molar-refractivity contribution in [1.82, 2.24) is 5.43 Å². The summed E-state index contributed by atoms with van der Waals surface area (Å²) in [5.74, 6) is 0.356. The molecule has 2 aliphatic heterocycles. The molecule has 1 aromatic carbocycles.